The first kappa shape index (κ1) is 53.9. The molecule has 0 saturated carbocycles. The Morgan fingerprint density at radius 3 is 2.37 bits per heavy atom. The number of rotatable bonds is 23. The molecule has 4 heterocycles. The van der Waals surface area contributed by atoms with Gasteiger partial charge in [-0.3, -0.25) is 33.6 Å². The Kier molecular flexibility index (Phi) is 17.6. The summed E-state index contributed by atoms with van der Waals surface area (Å²) in [6.07, 6.45) is 0.552. The second kappa shape index (κ2) is 23.8. The Morgan fingerprint density at radius 2 is 1.63 bits per heavy atom. The predicted molar refractivity (Wildman–Crippen MR) is 260 cm³/mol. The van der Waals surface area contributed by atoms with Crippen molar-refractivity contribution in [2.45, 2.75) is 103 Å². The summed E-state index contributed by atoms with van der Waals surface area (Å²) < 4.78 is 37.9. The van der Waals surface area contributed by atoms with Gasteiger partial charge in [-0.15, -0.1) is 0 Å². The average molecular weight is 1030 g/mol. The van der Waals surface area contributed by atoms with Gasteiger partial charge in [0, 0.05) is 42.0 Å². The number of amides is 6. The lowest BCUT2D eigenvalue weighted by Gasteiger charge is -2.31. The minimum Gasteiger partial charge on any atom is -0.458 e. The molecule has 0 saturated heterocycles. The fourth-order valence-corrected chi connectivity index (χ4v) is 9.29. The van der Waals surface area contributed by atoms with Crippen molar-refractivity contribution in [1.29, 1.82) is 0 Å². The maximum Gasteiger partial charge on any atom is 0.343 e. The van der Waals surface area contributed by atoms with E-state index in [1.807, 2.05) is 6.92 Å². The summed E-state index contributed by atoms with van der Waals surface area (Å²) in [6, 6.07) is 7.41. The summed E-state index contributed by atoms with van der Waals surface area (Å²) in [7, 11) is 0. The molecule has 0 fully saturated rings. The van der Waals surface area contributed by atoms with Gasteiger partial charge >= 0.3 is 5.97 Å². The van der Waals surface area contributed by atoms with Crippen LogP contribution >= 0.6 is 11.6 Å². The molecule has 73 heavy (non-hydrogen) atoms. The number of pyridine rings is 2. The molecule has 390 valence electrons. The number of halogens is 2. The van der Waals surface area contributed by atoms with E-state index in [1.54, 1.807) is 43.3 Å². The normalized spacial score (nSPS) is 17.5. The number of aliphatic hydroxyl groups is 1. The molecule has 23 heteroatoms. The van der Waals surface area contributed by atoms with Crippen molar-refractivity contribution in [3.8, 4) is 11.4 Å². The summed E-state index contributed by atoms with van der Waals surface area (Å²) in [5.41, 5.74) is 0.836. The van der Waals surface area contributed by atoms with Gasteiger partial charge in [0.15, 0.2) is 5.60 Å². The van der Waals surface area contributed by atoms with Gasteiger partial charge in [0.25, 0.3) is 5.56 Å². The molecule has 21 nitrogen and oxygen atoms in total. The Morgan fingerprint density at radius 1 is 0.890 bits per heavy atom. The van der Waals surface area contributed by atoms with E-state index in [2.05, 4.69) is 31.9 Å². The number of cyclic esters (lactones) is 1. The van der Waals surface area contributed by atoms with Gasteiger partial charge in [-0.2, -0.15) is 0 Å². The number of carbonyl (C=O) groups is 7. The Labute approximate surface area is 423 Å². The molecule has 2 aromatic carbocycles. The fourth-order valence-electron chi connectivity index (χ4n) is 9.04. The summed E-state index contributed by atoms with van der Waals surface area (Å²) >= 11 is 6.50. The SMILES string of the molecule is CCOCCOCCC(=O)NCC(=O)N[C@@H](C)C(=O)N[C@@H](Cc1ccccc1)C(=O)N[C@@H](C)C(=O)NCOCC(=O)N[C@H]1CCc2c(Cl)c(F)cc3nc4c(c1c23)Cn1c-4cc2c(c1=O)COC(=O)[C@]2(O)CC. The van der Waals surface area contributed by atoms with E-state index in [0.717, 1.165) is 0 Å². The lowest BCUT2D eigenvalue weighted by atomic mass is 9.83. The van der Waals surface area contributed by atoms with Gasteiger partial charge in [0.05, 0.1) is 66.4 Å². The van der Waals surface area contributed by atoms with Crippen LogP contribution in [0.2, 0.25) is 5.02 Å². The predicted octanol–water partition coefficient (Wildman–Crippen LogP) is 1.36. The number of esters is 1. The van der Waals surface area contributed by atoms with Crippen LogP contribution in [0.15, 0.2) is 47.3 Å². The molecule has 0 unspecified atom stereocenters. The molecular formula is C50H58ClFN8O13. The third-order valence-electron chi connectivity index (χ3n) is 12.9. The van der Waals surface area contributed by atoms with E-state index in [1.165, 1.54) is 24.5 Å². The standard InChI is InChI=1S/C50H58ClFN8O13/c1-5-50(69)32-19-37-44-30(22-60(37)48(67)31(32)23-73-49(50)68)42-34(13-12-29-41(42)35(58-44)20-33(52)43(29)51)57-40(63)24-72-25-54-45(64)26(3)56-47(66)36(18-28-10-8-7-9-11-28)59-46(65)27(4)55-39(62)21-53-38(61)14-15-71-17-16-70-6-2/h7-11,19-20,26-27,34,36,69H,5-6,12-18,21-25H2,1-4H3,(H,53,61)(H,54,64)(H,55,62)(H,56,66)(H,57,63)(H,59,65)/t26-,27-,34-,36-,50-/m0/s1. The number of nitrogens with zero attached hydrogens (tertiary/aromatic N) is 2. The molecule has 2 aliphatic heterocycles. The van der Waals surface area contributed by atoms with Crippen LogP contribution in [0.25, 0.3) is 22.3 Å². The first-order valence-electron chi connectivity index (χ1n) is 24.0. The van der Waals surface area contributed by atoms with Crippen LogP contribution in [0.4, 0.5) is 4.39 Å². The third kappa shape index (κ3) is 12.2. The van der Waals surface area contributed by atoms with Gasteiger partial charge in [-0.05, 0) is 62.8 Å². The van der Waals surface area contributed by atoms with Gasteiger partial charge < -0.3 is 60.5 Å². The quantitative estimate of drug-likeness (QED) is 0.0277. The van der Waals surface area contributed by atoms with E-state index in [-0.39, 0.29) is 73.5 Å². The van der Waals surface area contributed by atoms with Crippen LogP contribution < -0.4 is 37.5 Å². The number of aromatic nitrogens is 2. The van der Waals surface area contributed by atoms with Crippen LogP contribution in [0.1, 0.15) is 86.4 Å². The number of hydrogen-bond acceptors (Lipinski definition) is 14. The molecule has 7 N–H and O–H groups in total. The molecular weight excluding hydrogens is 975 g/mol. The average Bonchev–Trinajstić information content (AvgIpc) is 3.74. The molecule has 1 aliphatic carbocycles. The topological polar surface area (TPSA) is 284 Å². The summed E-state index contributed by atoms with van der Waals surface area (Å²) in [5.74, 6) is -5.30. The molecule has 0 bridgehead atoms. The van der Waals surface area contributed by atoms with Crippen molar-refractivity contribution in [3.63, 3.8) is 0 Å². The molecule has 6 amide bonds. The highest BCUT2D eigenvalue weighted by Crippen LogP contribution is 2.46. The first-order chi connectivity index (χ1) is 34.9. The third-order valence-corrected chi connectivity index (χ3v) is 13.3. The molecule has 4 aromatic rings. The fraction of sp³-hybridized carbons (Fsp3) is 0.460. The molecule has 5 atom stereocenters. The second-order valence-corrected chi connectivity index (χ2v) is 18.2. The largest absolute Gasteiger partial charge is 0.458 e. The van der Waals surface area contributed by atoms with Gasteiger partial charge in [0.1, 0.15) is 43.9 Å². The van der Waals surface area contributed by atoms with Gasteiger partial charge in [0.2, 0.25) is 35.4 Å². The first-order valence-corrected chi connectivity index (χ1v) is 24.3. The van der Waals surface area contributed by atoms with Crippen LogP contribution in [0.5, 0.6) is 0 Å². The number of ether oxygens (including phenoxy) is 4. The zero-order chi connectivity index (χ0) is 52.6. The number of nitrogens with one attached hydrogen (secondary N) is 6. The minimum absolute atomic E-state index is 0.0123. The zero-order valence-corrected chi connectivity index (χ0v) is 41.5. The highest BCUT2D eigenvalue weighted by molar-refractivity contribution is 6.32. The van der Waals surface area contributed by atoms with E-state index >= 15 is 4.39 Å². The maximum absolute atomic E-state index is 15.2. The van der Waals surface area contributed by atoms with Gasteiger partial charge in [-0.1, -0.05) is 48.9 Å². The molecule has 7 rings (SSSR count). The lowest BCUT2D eigenvalue weighted by Crippen LogP contribution is -2.56. The van der Waals surface area contributed by atoms with E-state index < -0.39 is 102 Å². The van der Waals surface area contributed by atoms with Crippen LogP contribution in [-0.2, 0) is 84.1 Å². The van der Waals surface area contributed by atoms with E-state index in [4.69, 9.17) is 35.5 Å². The molecule has 3 aliphatic rings. The summed E-state index contributed by atoms with van der Waals surface area (Å²) in [6.45, 7) is 6.02. The van der Waals surface area contributed by atoms with Crippen molar-refractivity contribution in [2.75, 3.05) is 46.3 Å². The highest BCUT2D eigenvalue weighted by atomic mass is 35.5. The van der Waals surface area contributed by atoms with Crippen molar-refractivity contribution in [1.82, 2.24) is 41.5 Å². The van der Waals surface area contributed by atoms with Crippen LogP contribution in [-0.4, -0.2) is 121 Å². The Balaban J connectivity index is 0.936. The monoisotopic (exact) mass is 1030 g/mol. The molecule has 2 aromatic heterocycles. The smallest absolute Gasteiger partial charge is 0.343 e. The number of fused-ring (bicyclic) bond motifs is 5. The Bertz CT molecular complexity index is 2870. The molecule has 0 spiro atoms. The van der Waals surface area contributed by atoms with Crippen molar-refractivity contribution < 1.29 is 62.0 Å². The minimum atomic E-state index is -2.07. The summed E-state index contributed by atoms with van der Waals surface area (Å²) in [4.78, 5) is 110. The second-order valence-electron chi connectivity index (χ2n) is 17.8. The van der Waals surface area contributed by atoms with Gasteiger partial charge in [-0.25, -0.2) is 14.2 Å². The van der Waals surface area contributed by atoms with Crippen molar-refractivity contribution >= 4 is 63.9 Å². The number of benzene rings is 2. The summed E-state index contributed by atoms with van der Waals surface area (Å²) in [5, 5.41) is 27.4. The van der Waals surface area contributed by atoms with E-state index in [9.17, 15) is 43.5 Å². The molecule has 0 radical (unpaired) electrons. The maximum atomic E-state index is 15.2. The Hall–Kier alpha value is -6.85. The zero-order valence-electron chi connectivity index (χ0n) is 40.7. The van der Waals surface area contributed by atoms with E-state index in [0.29, 0.717) is 58.8 Å². The number of aryl methyl sites for hydroxylation is 1. The van der Waals surface area contributed by atoms with Crippen LogP contribution in [0, 0.1) is 5.82 Å². The van der Waals surface area contributed by atoms with Crippen LogP contribution in [0.3, 0.4) is 0 Å². The van der Waals surface area contributed by atoms with Crippen molar-refractivity contribution in [2.24, 2.45) is 0 Å². The number of hydrogen-bond donors (Lipinski definition) is 7. The lowest BCUT2D eigenvalue weighted by molar-refractivity contribution is -0.172. The highest BCUT2D eigenvalue weighted by Gasteiger charge is 2.46. The number of carbonyl (C=O) groups excluding carboxylic acids is 7. The van der Waals surface area contributed by atoms with Crippen molar-refractivity contribution in [3.05, 3.63) is 97.0 Å².